The Balaban J connectivity index is 0.000000325. The summed E-state index contributed by atoms with van der Waals surface area (Å²) >= 11 is 0. The predicted octanol–water partition coefficient (Wildman–Crippen LogP) is 1.28. The summed E-state index contributed by atoms with van der Waals surface area (Å²) < 4.78 is 4.40. The van der Waals surface area contributed by atoms with Gasteiger partial charge in [0.2, 0.25) is 0 Å². The van der Waals surface area contributed by atoms with Crippen molar-refractivity contribution in [1.29, 1.82) is 0 Å². The normalized spacial score (nSPS) is 11.0. The highest BCUT2D eigenvalue weighted by Crippen LogP contribution is 2.09. The molecule has 0 bridgehead atoms. The Labute approximate surface area is 95.5 Å². The number of aliphatic hydroxyl groups excluding tert-OH is 2. The topological polar surface area (TPSA) is 66.8 Å². The first-order chi connectivity index (χ1) is 7.61. The van der Waals surface area contributed by atoms with Gasteiger partial charge in [-0.1, -0.05) is 30.3 Å². The smallest absolute Gasteiger partial charge is 0.302 e. The van der Waals surface area contributed by atoms with E-state index in [0.29, 0.717) is 6.61 Å². The molecule has 4 nitrogen and oxygen atoms in total. The van der Waals surface area contributed by atoms with Gasteiger partial charge in [0.1, 0.15) is 6.10 Å². The fourth-order valence-electron chi connectivity index (χ4n) is 0.984. The Bertz CT molecular complexity index is 284. The summed E-state index contributed by atoms with van der Waals surface area (Å²) in [6.45, 7) is 3.43. The van der Waals surface area contributed by atoms with Gasteiger partial charge in [0.05, 0.1) is 13.2 Å². The zero-order chi connectivity index (χ0) is 12.4. The molecule has 0 radical (unpaired) electrons. The largest absolute Gasteiger partial charge is 0.466 e. The van der Waals surface area contributed by atoms with Crippen molar-refractivity contribution in [2.75, 3.05) is 13.2 Å². The first-order valence-electron chi connectivity index (χ1n) is 5.09. The summed E-state index contributed by atoms with van der Waals surface area (Å²) in [7, 11) is 0. The monoisotopic (exact) mass is 226 g/mol. The van der Waals surface area contributed by atoms with Crippen LogP contribution in [0.15, 0.2) is 30.3 Å². The Morgan fingerprint density at radius 3 is 2.25 bits per heavy atom. The van der Waals surface area contributed by atoms with E-state index in [2.05, 4.69) is 4.74 Å². The van der Waals surface area contributed by atoms with Crippen molar-refractivity contribution >= 4 is 5.97 Å². The molecule has 1 aromatic rings. The predicted molar refractivity (Wildman–Crippen MR) is 60.8 cm³/mol. The Kier molecular flexibility index (Phi) is 8.11. The Morgan fingerprint density at radius 1 is 1.38 bits per heavy atom. The first-order valence-corrected chi connectivity index (χ1v) is 5.09. The van der Waals surface area contributed by atoms with Crippen molar-refractivity contribution in [2.45, 2.75) is 20.0 Å². The van der Waals surface area contributed by atoms with Crippen LogP contribution in [0.1, 0.15) is 25.5 Å². The number of rotatable bonds is 3. The average Bonchev–Trinajstić information content (AvgIpc) is 2.30. The van der Waals surface area contributed by atoms with Crippen molar-refractivity contribution in [2.24, 2.45) is 0 Å². The highest BCUT2D eigenvalue weighted by atomic mass is 16.5. The van der Waals surface area contributed by atoms with Crippen LogP contribution in [0.3, 0.4) is 0 Å². The SMILES string of the molecule is CCOC(C)=O.OCC(O)c1ccccc1. The van der Waals surface area contributed by atoms with E-state index in [0.717, 1.165) is 5.56 Å². The summed E-state index contributed by atoms with van der Waals surface area (Å²) in [6, 6.07) is 9.08. The lowest BCUT2D eigenvalue weighted by atomic mass is 10.1. The molecule has 90 valence electrons. The van der Waals surface area contributed by atoms with Crippen molar-refractivity contribution in [1.82, 2.24) is 0 Å². The van der Waals surface area contributed by atoms with Crippen LogP contribution in [0.5, 0.6) is 0 Å². The van der Waals surface area contributed by atoms with Crippen LogP contribution in [0.25, 0.3) is 0 Å². The molecule has 0 amide bonds. The number of aliphatic hydroxyl groups is 2. The zero-order valence-corrected chi connectivity index (χ0v) is 9.59. The highest BCUT2D eigenvalue weighted by Gasteiger charge is 2.02. The van der Waals surface area contributed by atoms with E-state index < -0.39 is 6.10 Å². The second-order valence-corrected chi connectivity index (χ2v) is 3.03. The highest BCUT2D eigenvalue weighted by molar-refractivity contribution is 5.65. The van der Waals surface area contributed by atoms with Gasteiger partial charge in [0.15, 0.2) is 0 Å². The fourth-order valence-corrected chi connectivity index (χ4v) is 0.984. The van der Waals surface area contributed by atoms with Gasteiger partial charge >= 0.3 is 5.97 Å². The third kappa shape index (κ3) is 6.98. The van der Waals surface area contributed by atoms with Crippen LogP contribution in [0.2, 0.25) is 0 Å². The molecule has 16 heavy (non-hydrogen) atoms. The lowest BCUT2D eigenvalue weighted by Gasteiger charge is -2.05. The molecule has 0 spiro atoms. The third-order valence-corrected chi connectivity index (χ3v) is 1.70. The van der Waals surface area contributed by atoms with Crippen LogP contribution < -0.4 is 0 Å². The summed E-state index contributed by atoms with van der Waals surface area (Å²) in [5, 5.41) is 17.6. The number of carbonyl (C=O) groups excluding carboxylic acids is 1. The Morgan fingerprint density at radius 2 is 1.94 bits per heavy atom. The molecule has 1 unspecified atom stereocenters. The van der Waals surface area contributed by atoms with E-state index in [1.165, 1.54) is 6.92 Å². The summed E-state index contributed by atoms with van der Waals surface area (Å²) in [6.07, 6.45) is -0.735. The maximum absolute atomic E-state index is 9.82. The molecule has 0 aliphatic rings. The molecule has 1 rings (SSSR count). The van der Waals surface area contributed by atoms with Gasteiger partial charge in [-0.3, -0.25) is 4.79 Å². The molecule has 1 aromatic carbocycles. The molecule has 0 saturated heterocycles. The third-order valence-electron chi connectivity index (χ3n) is 1.70. The molecule has 2 N–H and O–H groups in total. The van der Waals surface area contributed by atoms with Gasteiger partial charge in [-0.15, -0.1) is 0 Å². The van der Waals surface area contributed by atoms with Gasteiger partial charge < -0.3 is 14.9 Å². The minimum atomic E-state index is -0.735. The van der Waals surface area contributed by atoms with E-state index in [9.17, 15) is 4.79 Å². The van der Waals surface area contributed by atoms with Crippen LogP contribution in [-0.2, 0) is 9.53 Å². The molecular weight excluding hydrogens is 208 g/mol. The lowest BCUT2D eigenvalue weighted by molar-refractivity contribution is -0.140. The average molecular weight is 226 g/mol. The fraction of sp³-hybridized carbons (Fsp3) is 0.417. The molecule has 0 saturated carbocycles. The molecule has 4 heteroatoms. The summed E-state index contributed by atoms with van der Waals surface area (Å²) in [5.74, 6) is -0.211. The second-order valence-electron chi connectivity index (χ2n) is 3.03. The molecule has 0 fully saturated rings. The summed E-state index contributed by atoms with van der Waals surface area (Å²) in [5.41, 5.74) is 0.755. The summed E-state index contributed by atoms with van der Waals surface area (Å²) in [4.78, 5) is 9.82. The molecule has 0 aromatic heterocycles. The van der Waals surface area contributed by atoms with E-state index in [1.807, 2.05) is 18.2 Å². The van der Waals surface area contributed by atoms with Gasteiger partial charge in [0.25, 0.3) is 0 Å². The van der Waals surface area contributed by atoms with Crippen molar-refractivity contribution in [3.8, 4) is 0 Å². The molecule has 1 atom stereocenters. The van der Waals surface area contributed by atoms with E-state index in [1.54, 1.807) is 19.1 Å². The van der Waals surface area contributed by atoms with Crippen molar-refractivity contribution in [3.63, 3.8) is 0 Å². The van der Waals surface area contributed by atoms with E-state index >= 15 is 0 Å². The van der Waals surface area contributed by atoms with Crippen LogP contribution >= 0.6 is 0 Å². The van der Waals surface area contributed by atoms with Crippen LogP contribution in [0.4, 0.5) is 0 Å². The molecule has 0 aliphatic heterocycles. The standard InChI is InChI=1S/C8H10O2.C4H8O2/c9-6-8(10)7-4-2-1-3-5-7;1-3-6-4(2)5/h1-5,8-10H,6H2;3H2,1-2H3. The van der Waals surface area contributed by atoms with E-state index in [-0.39, 0.29) is 12.6 Å². The number of hydrogen-bond donors (Lipinski definition) is 2. The lowest BCUT2D eigenvalue weighted by Crippen LogP contribution is -2.01. The number of carbonyl (C=O) groups is 1. The van der Waals surface area contributed by atoms with Crippen LogP contribution in [0, 0.1) is 0 Å². The van der Waals surface area contributed by atoms with Gasteiger partial charge in [-0.2, -0.15) is 0 Å². The first kappa shape index (κ1) is 14.6. The van der Waals surface area contributed by atoms with Crippen molar-refractivity contribution in [3.05, 3.63) is 35.9 Å². The maximum Gasteiger partial charge on any atom is 0.302 e. The van der Waals surface area contributed by atoms with Gasteiger partial charge in [-0.25, -0.2) is 0 Å². The quantitative estimate of drug-likeness (QED) is 0.762. The van der Waals surface area contributed by atoms with Gasteiger partial charge in [-0.05, 0) is 12.5 Å². The van der Waals surface area contributed by atoms with E-state index in [4.69, 9.17) is 10.2 Å². The van der Waals surface area contributed by atoms with Crippen LogP contribution in [-0.4, -0.2) is 29.4 Å². The number of hydrogen-bond acceptors (Lipinski definition) is 4. The molecule has 0 aliphatic carbocycles. The minimum Gasteiger partial charge on any atom is -0.466 e. The van der Waals surface area contributed by atoms with Crippen molar-refractivity contribution < 1.29 is 19.7 Å². The number of esters is 1. The Hall–Kier alpha value is -1.39. The zero-order valence-electron chi connectivity index (χ0n) is 9.59. The number of ether oxygens (including phenoxy) is 1. The minimum absolute atomic E-state index is 0.211. The number of benzene rings is 1. The van der Waals surface area contributed by atoms with Gasteiger partial charge in [0, 0.05) is 6.92 Å². The maximum atomic E-state index is 9.82. The molecule has 0 heterocycles. The second kappa shape index (κ2) is 8.88. The molecular formula is C12H18O4.